The second kappa shape index (κ2) is 9.98. The number of carbonyl (C=O) groups is 1. The van der Waals surface area contributed by atoms with E-state index in [1.807, 2.05) is 0 Å². The molecule has 3 aromatic rings. The van der Waals surface area contributed by atoms with Crippen molar-refractivity contribution in [2.75, 3.05) is 18.6 Å². The molecule has 0 aliphatic carbocycles. The maximum absolute atomic E-state index is 13.2. The lowest BCUT2D eigenvalue weighted by Gasteiger charge is -2.11. The van der Waals surface area contributed by atoms with Crippen LogP contribution < -0.4 is 15.4 Å². The highest BCUT2D eigenvalue weighted by molar-refractivity contribution is 6.29. The fourth-order valence-corrected chi connectivity index (χ4v) is 3.11. The van der Waals surface area contributed by atoms with Gasteiger partial charge in [-0.1, -0.05) is 11.6 Å². The zero-order chi connectivity index (χ0) is 24.2. The van der Waals surface area contributed by atoms with Gasteiger partial charge in [0.05, 0.1) is 29.2 Å². The first kappa shape index (κ1) is 24.2. The highest BCUT2D eigenvalue weighted by Gasteiger charge is 2.38. The Kier molecular flexibility index (Phi) is 7.31. The van der Waals surface area contributed by atoms with E-state index >= 15 is 0 Å². The van der Waals surface area contributed by atoms with Gasteiger partial charge in [-0.3, -0.25) is 5.10 Å². The molecule has 3 N–H and O–H groups in total. The van der Waals surface area contributed by atoms with Gasteiger partial charge in [-0.05, 0) is 31.5 Å². The maximum Gasteiger partial charge on any atom is 0.435 e. The van der Waals surface area contributed by atoms with Crippen molar-refractivity contribution in [3.63, 3.8) is 0 Å². The number of hydrogen-bond donors (Lipinski definition) is 3. The van der Waals surface area contributed by atoms with Crippen molar-refractivity contribution in [2.45, 2.75) is 26.6 Å². The number of halogens is 5. The molecule has 3 aromatic heterocycles. The monoisotopic (exact) mass is 487 g/mol. The topological polar surface area (TPSA) is 118 Å². The SMILES string of the molecule is Cc1cc(CNC(=O)Nc2cc(Cl)nc(OCCF)c2)nnc1-c1c(C(F)(F)F)n[nH]c1C. The first-order chi connectivity index (χ1) is 15.6. The number of aromatic nitrogens is 5. The van der Waals surface area contributed by atoms with Crippen molar-refractivity contribution in [3.8, 4) is 17.1 Å². The molecule has 9 nitrogen and oxygen atoms in total. The zero-order valence-corrected chi connectivity index (χ0v) is 18.1. The molecule has 3 heterocycles. The van der Waals surface area contributed by atoms with Crippen LogP contribution >= 0.6 is 11.6 Å². The van der Waals surface area contributed by atoms with Crippen LogP contribution in [0, 0.1) is 13.8 Å². The quantitative estimate of drug-likeness (QED) is 0.339. The normalized spacial score (nSPS) is 11.4. The van der Waals surface area contributed by atoms with E-state index in [0.29, 0.717) is 11.3 Å². The number of aromatic amines is 1. The Labute approximate surface area is 189 Å². The van der Waals surface area contributed by atoms with E-state index in [0.717, 1.165) is 0 Å². The van der Waals surface area contributed by atoms with Crippen LogP contribution in [0.2, 0.25) is 5.15 Å². The number of aryl methyl sites for hydroxylation is 2. The summed E-state index contributed by atoms with van der Waals surface area (Å²) in [6.07, 6.45) is -4.65. The van der Waals surface area contributed by atoms with Gasteiger partial charge in [0, 0.05) is 11.8 Å². The molecule has 0 radical (unpaired) electrons. The number of pyridine rings is 1. The van der Waals surface area contributed by atoms with Crippen LogP contribution in [0.1, 0.15) is 22.6 Å². The number of carbonyl (C=O) groups excluding carboxylic acids is 1. The summed E-state index contributed by atoms with van der Waals surface area (Å²) in [6, 6.07) is 3.63. The number of amides is 2. The summed E-state index contributed by atoms with van der Waals surface area (Å²) in [7, 11) is 0. The van der Waals surface area contributed by atoms with Crippen molar-refractivity contribution in [1.82, 2.24) is 30.7 Å². The van der Waals surface area contributed by atoms with Gasteiger partial charge in [-0.25, -0.2) is 14.2 Å². The predicted octanol–water partition coefficient (Wildman–Crippen LogP) is 4.22. The lowest BCUT2D eigenvalue weighted by atomic mass is 10.0. The van der Waals surface area contributed by atoms with Crippen LogP contribution in [-0.4, -0.2) is 44.7 Å². The molecule has 0 saturated carbocycles. The van der Waals surface area contributed by atoms with Crippen LogP contribution in [0.25, 0.3) is 11.3 Å². The smallest absolute Gasteiger partial charge is 0.435 e. The van der Waals surface area contributed by atoms with E-state index in [4.69, 9.17) is 16.3 Å². The number of nitrogens with zero attached hydrogens (tertiary/aromatic N) is 4. The third-order valence-corrected chi connectivity index (χ3v) is 4.47. The number of anilines is 1. The molecule has 0 aliphatic heterocycles. The Balaban J connectivity index is 1.68. The number of ether oxygens (including phenoxy) is 1. The standard InChI is InChI=1S/C19H18ClF4N7O2/c1-9-5-12(29-30-16(9)15-10(2)28-31-17(15)19(22,23)24)8-25-18(32)26-11-6-13(20)27-14(7-11)33-4-3-21/h5-7H,3-4,8H2,1-2H3,(H,28,31)(H2,25,26,27,32). The largest absolute Gasteiger partial charge is 0.475 e. The summed E-state index contributed by atoms with van der Waals surface area (Å²) in [5.74, 6) is 0.0419. The minimum Gasteiger partial charge on any atom is -0.475 e. The van der Waals surface area contributed by atoms with Crippen molar-refractivity contribution in [3.05, 3.63) is 46.0 Å². The Hall–Kier alpha value is -3.48. The van der Waals surface area contributed by atoms with E-state index in [9.17, 15) is 22.4 Å². The molecule has 0 atom stereocenters. The third kappa shape index (κ3) is 6.06. The van der Waals surface area contributed by atoms with Gasteiger partial charge in [0.1, 0.15) is 18.4 Å². The van der Waals surface area contributed by atoms with Crippen molar-refractivity contribution < 1.29 is 27.1 Å². The molecule has 14 heteroatoms. The molecule has 0 aromatic carbocycles. The van der Waals surface area contributed by atoms with Crippen molar-refractivity contribution in [1.29, 1.82) is 0 Å². The van der Waals surface area contributed by atoms with Crippen LogP contribution in [-0.2, 0) is 12.7 Å². The molecule has 176 valence electrons. The fourth-order valence-electron chi connectivity index (χ4n) is 2.91. The van der Waals surface area contributed by atoms with E-state index < -0.39 is 24.6 Å². The average molecular weight is 488 g/mol. The number of rotatable bonds is 7. The van der Waals surface area contributed by atoms with Gasteiger partial charge in [-0.15, -0.1) is 5.10 Å². The van der Waals surface area contributed by atoms with Crippen LogP contribution in [0.4, 0.5) is 28.0 Å². The Morgan fingerprint density at radius 1 is 1.21 bits per heavy atom. The molecule has 0 saturated heterocycles. The van der Waals surface area contributed by atoms with E-state index in [2.05, 4.69) is 36.0 Å². The molecule has 0 bridgehead atoms. The molecule has 0 aliphatic rings. The van der Waals surface area contributed by atoms with Crippen molar-refractivity contribution in [2.24, 2.45) is 0 Å². The molecule has 3 rings (SSSR count). The molecule has 0 spiro atoms. The molecule has 0 fully saturated rings. The number of urea groups is 1. The lowest BCUT2D eigenvalue weighted by molar-refractivity contribution is -0.140. The number of hydrogen-bond acceptors (Lipinski definition) is 6. The van der Waals surface area contributed by atoms with Crippen molar-refractivity contribution >= 4 is 23.3 Å². The van der Waals surface area contributed by atoms with Gasteiger partial charge in [-0.2, -0.15) is 23.4 Å². The second-order valence-electron chi connectivity index (χ2n) is 6.80. The van der Waals surface area contributed by atoms with Crippen LogP contribution in [0.15, 0.2) is 18.2 Å². The van der Waals surface area contributed by atoms with Gasteiger partial charge in [0.15, 0.2) is 5.69 Å². The summed E-state index contributed by atoms with van der Waals surface area (Å²) in [5, 5.41) is 18.6. The first-order valence-corrected chi connectivity index (χ1v) is 9.83. The minimum atomic E-state index is -4.65. The van der Waals surface area contributed by atoms with Crippen LogP contribution in [0.5, 0.6) is 5.88 Å². The molecule has 0 unspecified atom stereocenters. The molecule has 2 amide bonds. The van der Waals surface area contributed by atoms with Crippen LogP contribution in [0.3, 0.4) is 0 Å². The Bertz CT molecular complexity index is 1150. The summed E-state index contributed by atoms with van der Waals surface area (Å²) in [6.45, 7) is 2.06. The second-order valence-corrected chi connectivity index (χ2v) is 7.19. The first-order valence-electron chi connectivity index (χ1n) is 9.45. The Morgan fingerprint density at radius 3 is 2.64 bits per heavy atom. The van der Waals surface area contributed by atoms with E-state index in [-0.39, 0.29) is 46.8 Å². The highest BCUT2D eigenvalue weighted by Crippen LogP contribution is 2.37. The summed E-state index contributed by atoms with van der Waals surface area (Å²) < 4.78 is 57.0. The maximum atomic E-state index is 13.2. The number of H-pyrrole nitrogens is 1. The summed E-state index contributed by atoms with van der Waals surface area (Å²) in [4.78, 5) is 16.0. The third-order valence-electron chi connectivity index (χ3n) is 4.27. The summed E-state index contributed by atoms with van der Waals surface area (Å²) >= 11 is 5.86. The zero-order valence-electron chi connectivity index (χ0n) is 17.3. The highest BCUT2D eigenvalue weighted by atomic mass is 35.5. The summed E-state index contributed by atoms with van der Waals surface area (Å²) in [5.41, 5.74) is -0.00816. The number of alkyl halides is 4. The van der Waals surface area contributed by atoms with Gasteiger partial charge in [0.2, 0.25) is 5.88 Å². The average Bonchev–Trinajstić information content (AvgIpc) is 3.12. The minimum absolute atomic E-state index is 0.0338. The van der Waals surface area contributed by atoms with Gasteiger partial charge < -0.3 is 15.4 Å². The molecular weight excluding hydrogens is 470 g/mol. The predicted molar refractivity (Wildman–Crippen MR) is 111 cm³/mol. The van der Waals surface area contributed by atoms with Gasteiger partial charge >= 0.3 is 12.2 Å². The Morgan fingerprint density at radius 2 is 1.97 bits per heavy atom. The fraction of sp³-hybridized carbons (Fsp3) is 0.316. The molecular formula is C19H18ClF4N7O2. The molecule has 33 heavy (non-hydrogen) atoms. The van der Waals surface area contributed by atoms with E-state index in [1.54, 1.807) is 6.92 Å². The van der Waals surface area contributed by atoms with E-state index in [1.165, 1.54) is 25.1 Å². The lowest BCUT2D eigenvalue weighted by Crippen LogP contribution is -2.28. The number of nitrogens with one attached hydrogen (secondary N) is 3. The van der Waals surface area contributed by atoms with Gasteiger partial charge in [0.25, 0.3) is 0 Å².